The third-order valence-corrected chi connectivity index (χ3v) is 4.65. The van der Waals surface area contributed by atoms with Crippen molar-refractivity contribution in [1.29, 1.82) is 0 Å². The minimum Gasteiger partial charge on any atom is -0.316 e. The summed E-state index contributed by atoms with van der Waals surface area (Å²) in [7, 11) is 0. The van der Waals surface area contributed by atoms with Crippen molar-refractivity contribution in [2.24, 2.45) is 5.92 Å². The summed E-state index contributed by atoms with van der Waals surface area (Å²) in [5, 5.41) is 3.57. The van der Waals surface area contributed by atoms with Crippen LogP contribution in [0.15, 0.2) is 24.3 Å². The molecule has 1 heterocycles. The molecule has 1 nitrogen and oxygen atoms in total. The average molecular weight is 243 g/mol. The quantitative estimate of drug-likeness (QED) is 0.841. The minimum absolute atomic E-state index is 0.796. The highest BCUT2D eigenvalue weighted by Gasteiger charge is 2.28. The zero-order valence-electron chi connectivity index (χ0n) is 11.5. The van der Waals surface area contributed by atoms with Gasteiger partial charge in [-0.3, -0.25) is 0 Å². The lowest BCUT2D eigenvalue weighted by atomic mass is 9.78. The van der Waals surface area contributed by atoms with E-state index in [2.05, 4.69) is 36.5 Å². The zero-order chi connectivity index (χ0) is 12.4. The molecule has 18 heavy (non-hydrogen) atoms. The summed E-state index contributed by atoms with van der Waals surface area (Å²) in [4.78, 5) is 0. The molecule has 1 aromatic carbocycles. The fourth-order valence-corrected chi connectivity index (χ4v) is 3.50. The van der Waals surface area contributed by atoms with Crippen molar-refractivity contribution >= 4 is 0 Å². The molecule has 0 amide bonds. The van der Waals surface area contributed by atoms with Gasteiger partial charge < -0.3 is 5.32 Å². The number of rotatable bonds is 4. The van der Waals surface area contributed by atoms with Crippen LogP contribution in [0, 0.1) is 5.92 Å². The summed E-state index contributed by atoms with van der Waals surface area (Å²) >= 11 is 0. The minimum atomic E-state index is 0.796. The van der Waals surface area contributed by atoms with Gasteiger partial charge in [0.15, 0.2) is 0 Å². The number of piperidine rings is 1. The Morgan fingerprint density at radius 1 is 1.17 bits per heavy atom. The molecule has 0 radical (unpaired) electrons. The number of nitrogens with one attached hydrogen (secondary N) is 1. The second-order valence-corrected chi connectivity index (χ2v) is 6.09. The van der Waals surface area contributed by atoms with Crippen LogP contribution in [0.5, 0.6) is 0 Å². The Bertz CT molecular complexity index is 392. The van der Waals surface area contributed by atoms with Gasteiger partial charge in [-0.25, -0.2) is 0 Å². The molecule has 0 spiro atoms. The largest absolute Gasteiger partial charge is 0.316 e. The van der Waals surface area contributed by atoms with Gasteiger partial charge in [0.25, 0.3) is 0 Å². The fourth-order valence-electron chi connectivity index (χ4n) is 3.50. The first-order chi connectivity index (χ1) is 8.88. The van der Waals surface area contributed by atoms with Crippen LogP contribution in [-0.4, -0.2) is 13.1 Å². The van der Waals surface area contributed by atoms with Crippen LogP contribution in [-0.2, 0) is 0 Å². The third-order valence-electron chi connectivity index (χ3n) is 4.65. The Labute approximate surface area is 111 Å². The molecule has 3 rings (SSSR count). The monoisotopic (exact) mass is 243 g/mol. The lowest BCUT2D eigenvalue weighted by Gasteiger charge is -2.32. The summed E-state index contributed by atoms with van der Waals surface area (Å²) in [6.07, 6.45) is 6.82. The van der Waals surface area contributed by atoms with E-state index in [0.717, 1.165) is 17.8 Å². The van der Waals surface area contributed by atoms with E-state index in [4.69, 9.17) is 0 Å². The van der Waals surface area contributed by atoms with Crippen LogP contribution < -0.4 is 5.32 Å². The highest BCUT2D eigenvalue weighted by atomic mass is 14.9. The normalized spacial score (nSPS) is 28.3. The molecule has 1 aliphatic carbocycles. The van der Waals surface area contributed by atoms with Gasteiger partial charge in [0.05, 0.1) is 0 Å². The first-order valence-electron chi connectivity index (χ1n) is 7.69. The first-order valence-corrected chi connectivity index (χ1v) is 7.69. The van der Waals surface area contributed by atoms with E-state index < -0.39 is 0 Å². The topological polar surface area (TPSA) is 12.0 Å². The van der Waals surface area contributed by atoms with Crippen LogP contribution in [0.4, 0.5) is 0 Å². The van der Waals surface area contributed by atoms with Gasteiger partial charge in [0.2, 0.25) is 0 Å². The van der Waals surface area contributed by atoms with E-state index in [1.54, 1.807) is 11.1 Å². The molecular formula is C17H25N. The van der Waals surface area contributed by atoms with Crippen LogP contribution >= 0.6 is 0 Å². The van der Waals surface area contributed by atoms with Gasteiger partial charge in [0.1, 0.15) is 0 Å². The Kier molecular flexibility index (Phi) is 3.69. The molecule has 2 atom stereocenters. The maximum absolute atomic E-state index is 3.57. The van der Waals surface area contributed by atoms with Crippen molar-refractivity contribution in [2.45, 2.75) is 50.9 Å². The SMILES string of the molecule is CCCC1CNCCC1c1cccc(C2CC2)c1. The third kappa shape index (κ3) is 2.61. The Morgan fingerprint density at radius 2 is 2.00 bits per heavy atom. The molecule has 1 aliphatic heterocycles. The smallest absolute Gasteiger partial charge is 0.00147 e. The number of benzene rings is 1. The molecule has 98 valence electrons. The van der Waals surface area contributed by atoms with Crippen LogP contribution in [0.2, 0.25) is 0 Å². The van der Waals surface area contributed by atoms with Gasteiger partial charge in [-0.1, -0.05) is 37.6 Å². The van der Waals surface area contributed by atoms with E-state index >= 15 is 0 Å². The Hall–Kier alpha value is -0.820. The van der Waals surface area contributed by atoms with Crippen LogP contribution in [0.3, 0.4) is 0 Å². The van der Waals surface area contributed by atoms with Gasteiger partial charge in [-0.15, -0.1) is 0 Å². The summed E-state index contributed by atoms with van der Waals surface area (Å²) in [6, 6.07) is 9.49. The van der Waals surface area contributed by atoms with E-state index in [0.29, 0.717) is 0 Å². The second kappa shape index (κ2) is 5.44. The molecule has 2 aliphatic rings. The van der Waals surface area contributed by atoms with Gasteiger partial charge in [0, 0.05) is 0 Å². The average Bonchev–Trinajstić information content (AvgIpc) is 3.24. The molecule has 2 unspecified atom stereocenters. The number of hydrogen-bond donors (Lipinski definition) is 1. The molecule has 0 aromatic heterocycles. The fraction of sp³-hybridized carbons (Fsp3) is 0.647. The molecular weight excluding hydrogens is 218 g/mol. The number of hydrogen-bond acceptors (Lipinski definition) is 1. The van der Waals surface area contributed by atoms with Crippen molar-refractivity contribution in [2.75, 3.05) is 13.1 Å². The summed E-state index contributed by atoms with van der Waals surface area (Å²) < 4.78 is 0. The summed E-state index contributed by atoms with van der Waals surface area (Å²) in [5.41, 5.74) is 3.21. The van der Waals surface area contributed by atoms with E-state index in [1.807, 2.05) is 0 Å². The molecule has 0 bridgehead atoms. The highest BCUT2D eigenvalue weighted by Crippen LogP contribution is 2.42. The van der Waals surface area contributed by atoms with Gasteiger partial charge >= 0.3 is 0 Å². The van der Waals surface area contributed by atoms with Crippen molar-refractivity contribution in [3.8, 4) is 0 Å². The van der Waals surface area contributed by atoms with Crippen LogP contribution in [0.1, 0.15) is 62.0 Å². The maximum atomic E-state index is 3.57. The molecule has 1 saturated carbocycles. The highest BCUT2D eigenvalue weighted by molar-refractivity contribution is 5.31. The lowest BCUT2D eigenvalue weighted by Crippen LogP contribution is -2.35. The summed E-state index contributed by atoms with van der Waals surface area (Å²) in [6.45, 7) is 4.72. The van der Waals surface area contributed by atoms with E-state index in [9.17, 15) is 0 Å². The Balaban J connectivity index is 1.80. The standard InChI is InChI=1S/C17H25N/c1-2-4-16-12-18-10-9-17(16)15-6-3-5-14(11-15)13-7-8-13/h3,5-6,11,13,16-18H,2,4,7-10,12H2,1H3. The van der Waals surface area contributed by atoms with E-state index in [1.165, 1.54) is 45.2 Å². The van der Waals surface area contributed by atoms with Crippen molar-refractivity contribution in [3.05, 3.63) is 35.4 Å². The van der Waals surface area contributed by atoms with Crippen molar-refractivity contribution in [3.63, 3.8) is 0 Å². The molecule has 2 fully saturated rings. The summed E-state index contributed by atoms with van der Waals surface area (Å²) in [5.74, 6) is 2.53. The lowest BCUT2D eigenvalue weighted by molar-refractivity contribution is 0.306. The predicted molar refractivity (Wildman–Crippen MR) is 77.0 cm³/mol. The molecule has 1 heteroatoms. The van der Waals surface area contributed by atoms with E-state index in [-0.39, 0.29) is 0 Å². The zero-order valence-corrected chi connectivity index (χ0v) is 11.5. The van der Waals surface area contributed by atoms with Crippen molar-refractivity contribution in [1.82, 2.24) is 5.32 Å². The van der Waals surface area contributed by atoms with Gasteiger partial charge in [-0.2, -0.15) is 0 Å². The van der Waals surface area contributed by atoms with Crippen LogP contribution in [0.25, 0.3) is 0 Å². The van der Waals surface area contributed by atoms with Crippen molar-refractivity contribution < 1.29 is 0 Å². The second-order valence-electron chi connectivity index (χ2n) is 6.09. The molecule has 1 aromatic rings. The Morgan fingerprint density at radius 3 is 2.78 bits per heavy atom. The van der Waals surface area contributed by atoms with Gasteiger partial charge in [-0.05, 0) is 67.7 Å². The first kappa shape index (κ1) is 12.2. The molecule has 1 N–H and O–H groups in total. The predicted octanol–water partition coefficient (Wildman–Crippen LogP) is 4.06. The maximum Gasteiger partial charge on any atom is -0.00147 e. The molecule has 1 saturated heterocycles.